The third-order valence-corrected chi connectivity index (χ3v) is 4.76. The molecule has 1 aromatic carbocycles. The Labute approximate surface area is 172 Å². The van der Waals surface area contributed by atoms with Gasteiger partial charge >= 0.3 is 0 Å². The summed E-state index contributed by atoms with van der Waals surface area (Å²) >= 11 is 0. The van der Waals surface area contributed by atoms with Crippen LogP contribution >= 0.6 is 0 Å². The van der Waals surface area contributed by atoms with Crippen LogP contribution in [0.15, 0.2) is 61.3 Å². The first-order valence-corrected chi connectivity index (χ1v) is 9.70. The van der Waals surface area contributed by atoms with E-state index >= 15 is 0 Å². The molecule has 6 nitrogen and oxygen atoms in total. The molecule has 0 atom stereocenters. The van der Waals surface area contributed by atoms with Crippen LogP contribution in [0.5, 0.6) is 11.5 Å². The van der Waals surface area contributed by atoms with E-state index in [0.29, 0.717) is 31.2 Å². The number of nitrogens with zero attached hydrogens (tertiary/aromatic N) is 3. The predicted molar refractivity (Wildman–Crippen MR) is 114 cm³/mol. The highest BCUT2D eigenvalue weighted by atomic mass is 16.5. The number of benzene rings is 1. The van der Waals surface area contributed by atoms with Gasteiger partial charge in [-0.05, 0) is 35.9 Å². The van der Waals surface area contributed by atoms with Crippen molar-refractivity contribution in [3.8, 4) is 11.5 Å². The number of hydrogen-bond donors (Lipinski definition) is 0. The zero-order chi connectivity index (χ0) is 20.5. The Kier molecular flexibility index (Phi) is 7.41. The lowest BCUT2D eigenvalue weighted by atomic mass is 10.2. The summed E-state index contributed by atoms with van der Waals surface area (Å²) in [5.74, 6) is 1.30. The molecule has 1 fully saturated rings. The van der Waals surface area contributed by atoms with Crippen molar-refractivity contribution >= 4 is 12.0 Å². The van der Waals surface area contributed by atoms with Crippen molar-refractivity contribution in [1.29, 1.82) is 0 Å². The van der Waals surface area contributed by atoms with Gasteiger partial charge in [-0.3, -0.25) is 14.7 Å². The SMILES string of the molecule is C=CCOc1ccc(/C=C/C(=O)N2CCN(Cc3ccccn3)CC2)cc1OC. The number of amides is 1. The fourth-order valence-electron chi connectivity index (χ4n) is 3.18. The van der Waals surface area contributed by atoms with Crippen molar-refractivity contribution in [2.45, 2.75) is 6.54 Å². The van der Waals surface area contributed by atoms with Gasteiger partial charge in [0.1, 0.15) is 6.61 Å². The normalized spacial score (nSPS) is 14.7. The molecule has 0 N–H and O–H groups in total. The van der Waals surface area contributed by atoms with Crippen LogP contribution in [0.25, 0.3) is 6.08 Å². The molecule has 0 saturated carbocycles. The number of aromatic nitrogens is 1. The van der Waals surface area contributed by atoms with Crippen molar-refractivity contribution in [1.82, 2.24) is 14.8 Å². The lowest BCUT2D eigenvalue weighted by Gasteiger charge is -2.34. The molecule has 0 radical (unpaired) electrons. The van der Waals surface area contributed by atoms with Crippen molar-refractivity contribution in [2.24, 2.45) is 0 Å². The van der Waals surface area contributed by atoms with Gasteiger partial charge in [0.2, 0.25) is 5.91 Å². The molecule has 1 aromatic heterocycles. The smallest absolute Gasteiger partial charge is 0.246 e. The maximum atomic E-state index is 12.5. The molecule has 0 spiro atoms. The van der Waals surface area contributed by atoms with E-state index in [2.05, 4.69) is 16.5 Å². The number of ether oxygens (including phenoxy) is 2. The van der Waals surface area contributed by atoms with Crippen molar-refractivity contribution in [3.05, 3.63) is 72.6 Å². The number of carbonyl (C=O) groups is 1. The number of methoxy groups -OCH3 is 1. The van der Waals surface area contributed by atoms with E-state index in [1.165, 1.54) is 0 Å². The van der Waals surface area contributed by atoms with E-state index < -0.39 is 0 Å². The predicted octanol–water partition coefficient (Wildman–Crippen LogP) is 3.01. The largest absolute Gasteiger partial charge is 0.493 e. The molecule has 2 heterocycles. The lowest BCUT2D eigenvalue weighted by molar-refractivity contribution is -0.127. The first kappa shape index (κ1) is 20.6. The highest BCUT2D eigenvalue weighted by Gasteiger charge is 2.19. The maximum Gasteiger partial charge on any atom is 0.246 e. The molecule has 29 heavy (non-hydrogen) atoms. The summed E-state index contributed by atoms with van der Waals surface area (Å²) in [7, 11) is 1.60. The Bertz CT molecular complexity index is 844. The van der Waals surface area contributed by atoms with Crippen molar-refractivity contribution in [2.75, 3.05) is 39.9 Å². The first-order valence-electron chi connectivity index (χ1n) is 9.70. The fraction of sp³-hybridized carbons (Fsp3) is 0.304. The van der Waals surface area contributed by atoms with Gasteiger partial charge in [0, 0.05) is 45.0 Å². The summed E-state index contributed by atoms with van der Waals surface area (Å²) in [6, 6.07) is 11.5. The molecule has 0 aliphatic carbocycles. The molecule has 1 saturated heterocycles. The summed E-state index contributed by atoms with van der Waals surface area (Å²) in [4.78, 5) is 21.1. The van der Waals surface area contributed by atoms with E-state index in [0.717, 1.165) is 30.9 Å². The van der Waals surface area contributed by atoms with Crippen molar-refractivity contribution < 1.29 is 14.3 Å². The fourth-order valence-corrected chi connectivity index (χ4v) is 3.18. The number of pyridine rings is 1. The Morgan fingerprint density at radius 3 is 2.69 bits per heavy atom. The number of hydrogen-bond acceptors (Lipinski definition) is 5. The molecular weight excluding hydrogens is 366 g/mol. The summed E-state index contributed by atoms with van der Waals surface area (Å²) in [5, 5.41) is 0. The molecule has 152 valence electrons. The Morgan fingerprint density at radius 2 is 2.00 bits per heavy atom. The van der Waals surface area contributed by atoms with Crippen LogP contribution in [0.1, 0.15) is 11.3 Å². The van der Waals surface area contributed by atoms with Gasteiger partial charge < -0.3 is 14.4 Å². The Morgan fingerprint density at radius 1 is 1.17 bits per heavy atom. The minimum Gasteiger partial charge on any atom is -0.493 e. The van der Waals surface area contributed by atoms with Crippen LogP contribution in [-0.2, 0) is 11.3 Å². The standard InChI is InChI=1S/C23H27N3O3/c1-3-16-29-21-9-7-19(17-22(21)28-2)8-10-23(27)26-14-12-25(13-15-26)18-20-6-4-5-11-24-20/h3-11,17H,1,12-16,18H2,2H3/b10-8+. The number of carbonyl (C=O) groups excluding carboxylic acids is 1. The zero-order valence-corrected chi connectivity index (χ0v) is 16.8. The zero-order valence-electron chi connectivity index (χ0n) is 16.8. The highest BCUT2D eigenvalue weighted by molar-refractivity contribution is 5.92. The summed E-state index contributed by atoms with van der Waals surface area (Å²) in [6.07, 6.45) is 6.92. The van der Waals surface area contributed by atoms with Gasteiger partial charge in [-0.15, -0.1) is 0 Å². The van der Waals surface area contributed by atoms with E-state index in [9.17, 15) is 4.79 Å². The first-order chi connectivity index (χ1) is 14.2. The lowest BCUT2D eigenvalue weighted by Crippen LogP contribution is -2.47. The Hall–Kier alpha value is -3.12. The Balaban J connectivity index is 1.52. The third-order valence-electron chi connectivity index (χ3n) is 4.76. The quantitative estimate of drug-likeness (QED) is 0.510. The molecular formula is C23H27N3O3. The molecule has 1 aliphatic rings. The topological polar surface area (TPSA) is 54.9 Å². The second-order valence-corrected chi connectivity index (χ2v) is 6.77. The second-order valence-electron chi connectivity index (χ2n) is 6.77. The summed E-state index contributed by atoms with van der Waals surface area (Å²) in [6.45, 7) is 8.00. The maximum absolute atomic E-state index is 12.5. The van der Waals surface area contributed by atoms with Gasteiger partial charge in [-0.2, -0.15) is 0 Å². The summed E-state index contributed by atoms with van der Waals surface area (Å²) < 4.78 is 10.9. The van der Waals surface area contributed by atoms with E-state index in [-0.39, 0.29) is 5.91 Å². The van der Waals surface area contributed by atoms with Crippen LogP contribution in [0.2, 0.25) is 0 Å². The second kappa shape index (κ2) is 10.4. The molecule has 2 aromatic rings. The van der Waals surface area contributed by atoms with Crippen LogP contribution in [-0.4, -0.2) is 60.6 Å². The monoisotopic (exact) mass is 393 g/mol. The highest BCUT2D eigenvalue weighted by Crippen LogP contribution is 2.28. The third kappa shape index (κ3) is 5.93. The van der Waals surface area contributed by atoms with Gasteiger partial charge in [-0.1, -0.05) is 24.8 Å². The summed E-state index contributed by atoms with van der Waals surface area (Å²) in [5.41, 5.74) is 1.94. The average Bonchev–Trinajstić information content (AvgIpc) is 2.77. The van der Waals surface area contributed by atoms with E-state index in [1.54, 1.807) is 19.3 Å². The molecule has 3 rings (SSSR count). The molecule has 6 heteroatoms. The van der Waals surface area contributed by atoms with Crippen molar-refractivity contribution in [3.63, 3.8) is 0 Å². The van der Waals surface area contributed by atoms with E-state index in [1.807, 2.05) is 53.6 Å². The van der Waals surface area contributed by atoms with Crippen LogP contribution in [0, 0.1) is 0 Å². The molecule has 0 unspecified atom stereocenters. The molecule has 0 bridgehead atoms. The minimum atomic E-state index is 0.0217. The minimum absolute atomic E-state index is 0.0217. The van der Waals surface area contributed by atoms with Crippen LogP contribution in [0.3, 0.4) is 0 Å². The van der Waals surface area contributed by atoms with Crippen LogP contribution in [0.4, 0.5) is 0 Å². The van der Waals surface area contributed by atoms with Gasteiger partial charge in [0.25, 0.3) is 0 Å². The van der Waals surface area contributed by atoms with Gasteiger partial charge in [-0.25, -0.2) is 0 Å². The number of piperazine rings is 1. The molecule has 1 aliphatic heterocycles. The average molecular weight is 393 g/mol. The number of rotatable bonds is 8. The van der Waals surface area contributed by atoms with Gasteiger partial charge in [0.15, 0.2) is 11.5 Å². The van der Waals surface area contributed by atoms with Gasteiger partial charge in [0.05, 0.1) is 12.8 Å². The van der Waals surface area contributed by atoms with Crippen LogP contribution < -0.4 is 9.47 Å². The molecule has 1 amide bonds. The van der Waals surface area contributed by atoms with E-state index in [4.69, 9.17) is 9.47 Å².